The molecule has 0 bridgehead atoms. The predicted octanol–water partition coefficient (Wildman–Crippen LogP) is 1.94. The molecule has 0 amide bonds. The van der Waals surface area contributed by atoms with Crippen molar-refractivity contribution in [3.05, 3.63) is 29.7 Å². The Kier molecular flexibility index (Phi) is 1.85. The van der Waals surface area contributed by atoms with E-state index in [0.717, 1.165) is 5.56 Å². The smallest absolute Gasteiger partial charge is 0.374 e. The first-order valence-electron chi connectivity index (χ1n) is 3.93. The van der Waals surface area contributed by atoms with Crippen LogP contribution >= 0.6 is 0 Å². The second-order valence-corrected chi connectivity index (χ2v) is 2.81. The van der Waals surface area contributed by atoms with Crippen LogP contribution in [-0.2, 0) is 0 Å². The molecular weight excluding hydrogens is 186 g/mol. The molecule has 0 unspecified atom stereocenters. The van der Waals surface area contributed by atoms with E-state index in [1.165, 1.54) is 12.3 Å². The average Bonchev–Trinajstić information content (AvgIpc) is 2.71. The van der Waals surface area contributed by atoms with E-state index in [1.807, 2.05) is 6.92 Å². The first kappa shape index (κ1) is 8.55. The number of hydrogen-bond acceptors (Lipinski definition) is 4. The minimum atomic E-state index is -1.15. The van der Waals surface area contributed by atoms with Crippen LogP contribution in [0.3, 0.4) is 0 Å². The maximum atomic E-state index is 10.5. The normalized spacial score (nSPS) is 10.4. The number of aromatic carboxylic acids is 1. The van der Waals surface area contributed by atoms with E-state index in [-0.39, 0.29) is 5.76 Å². The first-order chi connectivity index (χ1) is 6.68. The summed E-state index contributed by atoms with van der Waals surface area (Å²) in [5.74, 6) is -0.815. The summed E-state index contributed by atoms with van der Waals surface area (Å²) in [6.07, 6.45) is 1.51. The Bertz CT molecular complexity index is 469. The van der Waals surface area contributed by atoms with Crippen LogP contribution in [0.1, 0.15) is 16.1 Å². The lowest BCUT2D eigenvalue weighted by molar-refractivity contribution is 0.0652. The van der Waals surface area contributed by atoms with Crippen molar-refractivity contribution in [2.45, 2.75) is 6.92 Å². The summed E-state index contributed by atoms with van der Waals surface area (Å²) in [7, 11) is 0. The Morgan fingerprint density at radius 2 is 2.36 bits per heavy atom. The molecule has 2 aromatic heterocycles. The molecule has 0 fully saturated rings. The van der Waals surface area contributed by atoms with Crippen LogP contribution in [0.15, 0.2) is 27.3 Å². The molecule has 0 spiro atoms. The van der Waals surface area contributed by atoms with Gasteiger partial charge in [0.05, 0.1) is 6.26 Å². The van der Waals surface area contributed by atoms with Crippen molar-refractivity contribution in [1.29, 1.82) is 0 Å². The summed E-state index contributed by atoms with van der Waals surface area (Å²) in [4.78, 5) is 10.5. The molecule has 0 aliphatic rings. The maximum Gasteiger partial charge on any atom is 0.374 e. The second kappa shape index (κ2) is 3.02. The average molecular weight is 193 g/mol. The fourth-order valence-electron chi connectivity index (χ4n) is 1.12. The van der Waals surface area contributed by atoms with E-state index < -0.39 is 5.97 Å². The van der Waals surface area contributed by atoms with Gasteiger partial charge in [0.2, 0.25) is 5.76 Å². The van der Waals surface area contributed by atoms with Crippen molar-refractivity contribution < 1.29 is 18.8 Å². The van der Waals surface area contributed by atoms with Gasteiger partial charge in [-0.25, -0.2) is 4.79 Å². The molecule has 2 rings (SSSR count). The van der Waals surface area contributed by atoms with Gasteiger partial charge in [-0.3, -0.25) is 0 Å². The van der Waals surface area contributed by atoms with Gasteiger partial charge in [-0.1, -0.05) is 5.16 Å². The fourth-order valence-corrected chi connectivity index (χ4v) is 1.12. The molecule has 5 heteroatoms. The van der Waals surface area contributed by atoms with Gasteiger partial charge in [0.15, 0.2) is 5.76 Å². The number of carboxylic acid groups (broad SMARTS) is 1. The molecule has 72 valence electrons. The topological polar surface area (TPSA) is 76.5 Å². The third-order valence-corrected chi connectivity index (χ3v) is 1.82. The lowest BCUT2D eigenvalue weighted by Gasteiger charge is -1.88. The second-order valence-electron chi connectivity index (χ2n) is 2.81. The Balaban J connectivity index is 2.43. The number of carbonyl (C=O) groups is 1. The highest BCUT2D eigenvalue weighted by atomic mass is 16.5. The van der Waals surface area contributed by atoms with Crippen LogP contribution in [-0.4, -0.2) is 16.2 Å². The number of hydrogen-bond donors (Lipinski definition) is 1. The summed E-state index contributed by atoms with van der Waals surface area (Å²) in [5, 5.41) is 12.2. The van der Waals surface area contributed by atoms with Gasteiger partial charge < -0.3 is 14.0 Å². The molecule has 0 aromatic carbocycles. The Morgan fingerprint density at radius 3 is 2.86 bits per heavy atom. The van der Waals surface area contributed by atoms with E-state index in [0.29, 0.717) is 11.5 Å². The van der Waals surface area contributed by atoms with E-state index in [2.05, 4.69) is 9.68 Å². The first-order valence-corrected chi connectivity index (χ1v) is 3.93. The third kappa shape index (κ3) is 1.28. The quantitative estimate of drug-likeness (QED) is 0.788. The van der Waals surface area contributed by atoms with Crippen molar-refractivity contribution in [2.75, 3.05) is 0 Å². The summed E-state index contributed by atoms with van der Waals surface area (Å²) < 4.78 is 9.72. The molecule has 1 N–H and O–H groups in total. The van der Waals surface area contributed by atoms with Gasteiger partial charge in [0, 0.05) is 6.07 Å². The van der Waals surface area contributed by atoms with Crippen molar-refractivity contribution in [2.24, 2.45) is 0 Å². The summed E-state index contributed by atoms with van der Waals surface area (Å²) >= 11 is 0. The lowest BCUT2D eigenvalue weighted by atomic mass is 10.2. The van der Waals surface area contributed by atoms with Crippen LogP contribution in [0.5, 0.6) is 0 Å². The largest absolute Gasteiger partial charge is 0.475 e. The Labute approximate surface area is 78.9 Å². The number of carboxylic acids is 1. The van der Waals surface area contributed by atoms with Crippen LogP contribution in [0.2, 0.25) is 0 Å². The predicted molar refractivity (Wildman–Crippen MR) is 45.9 cm³/mol. The van der Waals surface area contributed by atoms with Crippen LogP contribution in [0.25, 0.3) is 11.5 Å². The highest BCUT2D eigenvalue weighted by molar-refractivity contribution is 5.85. The molecule has 0 aliphatic carbocycles. The summed E-state index contributed by atoms with van der Waals surface area (Å²) in [6.45, 7) is 1.84. The standard InChI is InChI=1S/C9H7NO4/c1-5-2-3-13-8(5)6-4-7(9(11)12)14-10-6/h2-4H,1H3,(H,11,12). The highest BCUT2D eigenvalue weighted by Crippen LogP contribution is 2.23. The van der Waals surface area contributed by atoms with Gasteiger partial charge in [-0.15, -0.1) is 0 Å². The van der Waals surface area contributed by atoms with Crippen LogP contribution < -0.4 is 0 Å². The third-order valence-electron chi connectivity index (χ3n) is 1.82. The maximum absolute atomic E-state index is 10.5. The Hall–Kier alpha value is -2.04. The molecule has 0 radical (unpaired) electrons. The van der Waals surface area contributed by atoms with Gasteiger partial charge in [0.1, 0.15) is 5.69 Å². The molecule has 2 aromatic rings. The summed E-state index contributed by atoms with van der Waals surface area (Å²) in [5.41, 5.74) is 1.28. The van der Waals surface area contributed by atoms with Gasteiger partial charge in [-0.2, -0.15) is 0 Å². The van der Waals surface area contributed by atoms with E-state index in [9.17, 15) is 4.79 Å². The van der Waals surface area contributed by atoms with Crippen LogP contribution in [0, 0.1) is 6.92 Å². The van der Waals surface area contributed by atoms with E-state index in [1.54, 1.807) is 6.07 Å². The van der Waals surface area contributed by atoms with Gasteiger partial charge in [0.25, 0.3) is 0 Å². The molecule has 0 saturated heterocycles. The summed E-state index contributed by atoms with van der Waals surface area (Å²) in [6, 6.07) is 3.10. The monoisotopic (exact) mass is 193 g/mol. The van der Waals surface area contributed by atoms with Crippen molar-refractivity contribution >= 4 is 5.97 Å². The van der Waals surface area contributed by atoms with Crippen molar-refractivity contribution in [1.82, 2.24) is 5.16 Å². The minimum absolute atomic E-state index is 0.198. The SMILES string of the molecule is Cc1ccoc1-c1cc(C(=O)O)on1. The fraction of sp³-hybridized carbons (Fsp3) is 0.111. The highest BCUT2D eigenvalue weighted by Gasteiger charge is 2.15. The van der Waals surface area contributed by atoms with Gasteiger partial charge >= 0.3 is 5.97 Å². The van der Waals surface area contributed by atoms with Crippen LogP contribution in [0.4, 0.5) is 0 Å². The zero-order valence-corrected chi connectivity index (χ0v) is 7.35. The number of aromatic nitrogens is 1. The number of rotatable bonds is 2. The molecule has 0 saturated carbocycles. The number of furan rings is 1. The van der Waals surface area contributed by atoms with E-state index in [4.69, 9.17) is 9.52 Å². The number of nitrogens with zero attached hydrogens (tertiary/aromatic N) is 1. The van der Waals surface area contributed by atoms with Crippen molar-refractivity contribution in [3.8, 4) is 11.5 Å². The molecule has 2 heterocycles. The molecule has 0 aliphatic heterocycles. The molecule has 14 heavy (non-hydrogen) atoms. The van der Waals surface area contributed by atoms with E-state index >= 15 is 0 Å². The zero-order chi connectivity index (χ0) is 10.1. The Morgan fingerprint density at radius 1 is 1.57 bits per heavy atom. The lowest BCUT2D eigenvalue weighted by Crippen LogP contribution is -1.91. The zero-order valence-electron chi connectivity index (χ0n) is 7.35. The molecule has 0 atom stereocenters. The minimum Gasteiger partial charge on any atom is -0.475 e. The van der Waals surface area contributed by atoms with Gasteiger partial charge in [-0.05, 0) is 18.6 Å². The molecular formula is C9H7NO4. The van der Waals surface area contributed by atoms with Crippen molar-refractivity contribution in [3.63, 3.8) is 0 Å². The number of aryl methyl sites for hydroxylation is 1. The molecule has 5 nitrogen and oxygen atoms in total.